The second kappa shape index (κ2) is 5.14. The smallest absolute Gasteiger partial charge is 0.230 e. The van der Waals surface area contributed by atoms with Gasteiger partial charge >= 0.3 is 0 Å². The maximum Gasteiger partial charge on any atom is 0.230 e. The highest BCUT2D eigenvalue weighted by atomic mass is 16.5. The standard InChI is InChI=1S/C12H22N4O/c1-4-16(5-2)7-10(13)11-14-12(17-15-11)9-6-8(9)3/h8-10H,4-7,13H2,1-3H3. The van der Waals surface area contributed by atoms with Crippen molar-refractivity contribution in [3.8, 4) is 0 Å². The van der Waals surface area contributed by atoms with Gasteiger partial charge in [0.15, 0.2) is 5.82 Å². The Kier molecular flexibility index (Phi) is 3.79. The lowest BCUT2D eigenvalue weighted by Gasteiger charge is -2.20. The molecule has 1 fully saturated rings. The Balaban J connectivity index is 1.94. The normalized spacial score (nSPS) is 25.2. The predicted molar refractivity (Wildman–Crippen MR) is 65.5 cm³/mol. The molecule has 2 rings (SSSR count). The summed E-state index contributed by atoms with van der Waals surface area (Å²) >= 11 is 0. The fraction of sp³-hybridized carbons (Fsp3) is 0.833. The van der Waals surface area contributed by atoms with Crippen LogP contribution in [0.3, 0.4) is 0 Å². The molecule has 17 heavy (non-hydrogen) atoms. The summed E-state index contributed by atoms with van der Waals surface area (Å²) in [5.41, 5.74) is 6.09. The largest absolute Gasteiger partial charge is 0.339 e. The van der Waals surface area contributed by atoms with Gasteiger partial charge in [-0.05, 0) is 25.4 Å². The molecule has 2 N–H and O–H groups in total. The molecule has 1 saturated carbocycles. The molecule has 0 bridgehead atoms. The number of nitrogens with zero attached hydrogens (tertiary/aromatic N) is 3. The molecule has 0 spiro atoms. The molecule has 0 aliphatic heterocycles. The van der Waals surface area contributed by atoms with Gasteiger partial charge in [0.2, 0.25) is 5.89 Å². The summed E-state index contributed by atoms with van der Waals surface area (Å²) in [6.45, 7) is 9.23. The molecule has 1 heterocycles. The second-order valence-corrected chi connectivity index (χ2v) is 4.90. The molecule has 5 heteroatoms. The van der Waals surface area contributed by atoms with Gasteiger partial charge in [-0.2, -0.15) is 4.98 Å². The molecule has 0 aromatic carbocycles. The summed E-state index contributed by atoms with van der Waals surface area (Å²) < 4.78 is 5.27. The number of aromatic nitrogens is 2. The van der Waals surface area contributed by atoms with E-state index in [-0.39, 0.29) is 6.04 Å². The van der Waals surface area contributed by atoms with Gasteiger partial charge in [-0.15, -0.1) is 0 Å². The van der Waals surface area contributed by atoms with E-state index in [0.717, 1.165) is 31.9 Å². The van der Waals surface area contributed by atoms with Gasteiger partial charge in [-0.1, -0.05) is 25.9 Å². The summed E-state index contributed by atoms with van der Waals surface area (Å²) in [4.78, 5) is 6.68. The third kappa shape index (κ3) is 2.84. The van der Waals surface area contributed by atoms with E-state index in [1.165, 1.54) is 0 Å². The van der Waals surface area contributed by atoms with E-state index in [2.05, 4.69) is 35.8 Å². The SMILES string of the molecule is CCN(CC)CC(N)c1noc(C2CC2C)n1. The third-order valence-corrected chi connectivity index (χ3v) is 3.57. The van der Waals surface area contributed by atoms with E-state index in [1.807, 2.05) is 0 Å². The maximum absolute atomic E-state index is 6.09. The van der Waals surface area contributed by atoms with E-state index in [4.69, 9.17) is 10.3 Å². The van der Waals surface area contributed by atoms with E-state index in [0.29, 0.717) is 17.7 Å². The average molecular weight is 238 g/mol. The zero-order chi connectivity index (χ0) is 12.4. The van der Waals surface area contributed by atoms with Gasteiger partial charge in [0.25, 0.3) is 0 Å². The lowest BCUT2D eigenvalue weighted by molar-refractivity contribution is 0.277. The first-order valence-corrected chi connectivity index (χ1v) is 6.47. The van der Waals surface area contributed by atoms with Crippen LogP contribution in [0.1, 0.15) is 50.9 Å². The van der Waals surface area contributed by atoms with E-state index < -0.39 is 0 Å². The Hall–Kier alpha value is -0.940. The lowest BCUT2D eigenvalue weighted by atomic mass is 10.2. The molecule has 0 saturated heterocycles. The Morgan fingerprint density at radius 2 is 2.12 bits per heavy atom. The summed E-state index contributed by atoms with van der Waals surface area (Å²) in [5.74, 6) is 2.56. The van der Waals surface area contributed by atoms with Crippen molar-refractivity contribution in [2.24, 2.45) is 11.7 Å². The lowest BCUT2D eigenvalue weighted by Crippen LogP contribution is -2.32. The zero-order valence-electron chi connectivity index (χ0n) is 10.9. The van der Waals surface area contributed by atoms with Gasteiger partial charge in [0.05, 0.1) is 6.04 Å². The average Bonchev–Trinajstić information content (AvgIpc) is 2.87. The van der Waals surface area contributed by atoms with Crippen LogP contribution in [0.5, 0.6) is 0 Å². The van der Waals surface area contributed by atoms with Crippen molar-refractivity contribution in [1.82, 2.24) is 15.0 Å². The van der Waals surface area contributed by atoms with E-state index in [1.54, 1.807) is 0 Å². The topological polar surface area (TPSA) is 68.2 Å². The number of hydrogen-bond acceptors (Lipinski definition) is 5. The van der Waals surface area contributed by atoms with Gasteiger partial charge < -0.3 is 15.2 Å². The first-order valence-electron chi connectivity index (χ1n) is 6.47. The molecular formula is C12H22N4O. The van der Waals surface area contributed by atoms with Crippen molar-refractivity contribution in [1.29, 1.82) is 0 Å². The maximum atomic E-state index is 6.09. The molecule has 0 radical (unpaired) electrons. The van der Waals surface area contributed by atoms with Crippen LogP contribution in [0, 0.1) is 5.92 Å². The molecular weight excluding hydrogens is 216 g/mol. The van der Waals surface area contributed by atoms with Crippen LogP contribution in [0.15, 0.2) is 4.52 Å². The fourth-order valence-electron chi connectivity index (χ4n) is 2.06. The predicted octanol–water partition coefficient (Wildman–Crippen LogP) is 1.53. The molecule has 1 aliphatic carbocycles. The number of rotatable bonds is 6. The number of nitrogens with two attached hydrogens (primary N) is 1. The molecule has 5 nitrogen and oxygen atoms in total. The third-order valence-electron chi connectivity index (χ3n) is 3.57. The molecule has 1 aromatic rings. The number of hydrogen-bond donors (Lipinski definition) is 1. The second-order valence-electron chi connectivity index (χ2n) is 4.90. The Morgan fingerprint density at radius 3 is 2.65 bits per heavy atom. The highest BCUT2D eigenvalue weighted by Crippen LogP contribution is 2.46. The highest BCUT2D eigenvalue weighted by molar-refractivity contribution is 5.07. The molecule has 96 valence electrons. The van der Waals surface area contributed by atoms with Gasteiger partial charge in [-0.25, -0.2) is 0 Å². The first-order chi connectivity index (χ1) is 8.15. The first kappa shape index (κ1) is 12.5. The van der Waals surface area contributed by atoms with Crippen LogP contribution in [-0.2, 0) is 0 Å². The van der Waals surface area contributed by atoms with Crippen LogP contribution >= 0.6 is 0 Å². The van der Waals surface area contributed by atoms with E-state index >= 15 is 0 Å². The minimum Gasteiger partial charge on any atom is -0.339 e. The fourth-order valence-corrected chi connectivity index (χ4v) is 2.06. The number of likely N-dealkylation sites (N-methyl/N-ethyl adjacent to an activating group) is 1. The van der Waals surface area contributed by atoms with Gasteiger partial charge in [-0.3, -0.25) is 0 Å². The minimum atomic E-state index is -0.151. The summed E-state index contributed by atoms with van der Waals surface area (Å²) in [5, 5.41) is 4.00. The van der Waals surface area contributed by atoms with E-state index in [9.17, 15) is 0 Å². The van der Waals surface area contributed by atoms with Crippen molar-refractivity contribution in [2.45, 2.75) is 39.2 Å². The molecule has 0 amide bonds. The van der Waals surface area contributed by atoms with Crippen molar-refractivity contribution in [3.63, 3.8) is 0 Å². The Bertz CT molecular complexity index is 361. The Labute approximate surface area is 102 Å². The minimum absolute atomic E-state index is 0.151. The van der Waals surface area contributed by atoms with Crippen LogP contribution in [0.2, 0.25) is 0 Å². The highest BCUT2D eigenvalue weighted by Gasteiger charge is 2.39. The van der Waals surface area contributed by atoms with Crippen molar-refractivity contribution in [3.05, 3.63) is 11.7 Å². The summed E-state index contributed by atoms with van der Waals surface area (Å²) in [6.07, 6.45) is 1.16. The zero-order valence-corrected chi connectivity index (χ0v) is 10.9. The molecule has 3 unspecified atom stereocenters. The van der Waals surface area contributed by atoms with Crippen molar-refractivity contribution < 1.29 is 4.52 Å². The Morgan fingerprint density at radius 1 is 1.47 bits per heavy atom. The summed E-state index contributed by atoms with van der Waals surface area (Å²) in [6, 6.07) is -0.151. The van der Waals surface area contributed by atoms with Gasteiger partial charge in [0.1, 0.15) is 0 Å². The summed E-state index contributed by atoms with van der Waals surface area (Å²) in [7, 11) is 0. The monoisotopic (exact) mass is 238 g/mol. The van der Waals surface area contributed by atoms with Crippen LogP contribution in [-0.4, -0.2) is 34.7 Å². The molecule has 1 aliphatic rings. The van der Waals surface area contributed by atoms with Crippen LogP contribution in [0.4, 0.5) is 0 Å². The quantitative estimate of drug-likeness (QED) is 0.814. The van der Waals surface area contributed by atoms with Crippen molar-refractivity contribution >= 4 is 0 Å². The van der Waals surface area contributed by atoms with Crippen molar-refractivity contribution in [2.75, 3.05) is 19.6 Å². The molecule has 1 aromatic heterocycles. The molecule has 3 atom stereocenters. The van der Waals surface area contributed by atoms with Gasteiger partial charge in [0, 0.05) is 12.5 Å². The van der Waals surface area contributed by atoms with Crippen LogP contribution in [0.25, 0.3) is 0 Å². The van der Waals surface area contributed by atoms with Crippen LogP contribution < -0.4 is 5.73 Å².